The predicted octanol–water partition coefficient (Wildman–Crippen LogP) is -0.785. The summed E-state index contributed by atoms with van der Waals surface area (Å²) in [5, 5.41) is 33.8. The fourth-order valence-electron chi connectivity index (χ4n) is 3.72. The lowest BCUT2D eigenvalue weighted by atomic mass is 10.1. The van der Waals surface area contributed by atoms with E-state index < -0.39 is 44.1 Å². The minimum atomic E-state index is -4.23. The van der Waals surface area contributed by atoms with Crippen LogP contribution in [0.5, 0.6) is 0 Å². The molecule has 0 bridgehead atoms. The smallest absolute Gasteiger partial charge is 0.356 e. The second-order valence-corrected chi connectivity index (χ2v) is 10.6. The minimum absolute atomic E-state index is 0.0112. The number of ether oxygens (including phenoxy) is 2. The number of fused-ring (bicyclic) bond motifs is 1. The maximum atomic E-state index is 11.9. The van der Waals surface area contributed by atoms with Crippen molar-refractivity contribution < 1.29 is 44.5 Å². The van der Waals surface area contributed by atoms with Crippen molar-refractivity contribution in [3.8, 4) is 0 Å². The zero-order valence-corrected chi connectivity index (χ0v) is 20.8. The quantitative estimate of drug-likeness (QED) is 0.134. The van der Waals surface area contributed by atoms with Crippen LogP contribution >= 0.6 is 7.60 Å². The molecule has 2 aromatic heterocycles. The molecule has 1 aliphatic rings. The van der Waals surface area contributed by atoms with Gasteiger partial charge in [-0.25, -0.2) is 15.0 Å². The summed E-state index contributed by atoms with van der Waals surface area (Å²) in [4.78, 5) is 22.6. The lowest BCUT2D eigenvalue weighted by Crippen LogP contribution is -2.50. The highest BCUT2D eigenvalue weighted by Gasteiger charge is 2.45. The monoisotopic (exact) mass is 519 g/mol. The van der Waals surface area contributed by atoms with Crippen LogP contribution in [-0.2, 0) is 18.6 Å². The number of rotatable bonds is 14. The molecule has 0 radical (unpaired) electrons. The summed E-state index contributed by atoms with van der Waals surface area (Å²) in [5.74, 6) is -1.03. The first-order valence-electron chi connectivity index (χ1n) is 11.6. The molecule has 7 unspecified atom stereocenters. The van der Waals surface area contributed by atoms with Gasteiger partial charge in [0.1, 0.15) is 18.5 Å². The molecule has 35 heavy (non-hydrogen) atoms. The van der Waals surface area contributed by atoms with Gasteiger partial charge >= 0.3 is 7.60 Å². The summed E-state index contributed by atoms with van der Waals surface area (Å²) in [6.45, 7) is 5.44. The number of imidazole rings is 1. The lowest BCUT2D eigenvalue weighted by Gasteiger charge is -2.23. The molecule has 7 atom stereocenters. The molecule has 2 aromatic rings. The molecule has 1 aliphatic heterocycles. The molecule has 3 rings (SSSR count). The van der Waals surface area contributed by atoms with Gasteiger partial charge in [-0.15, -0.1) is 0 Å². The number of aliphatic hydroxyl groups is 3. The molecule has 3 heterocycles. The molecule has 0 aliphatic carbocycles. The molecule has 15 heteroatoms. The average molecular weight is 520 g/mol. The van der Waals surface area contributed by atoms with Crippen LogP contribution in [-0.4, -0.2) is 96.3 Å². The van der Waals surface area contributed by atoms with E-state index >= 15 is 0 Å². The van der Waals surface area contributed by atoms with Gasteiger partial charge in [-0.3, -0.25) is 9.13 Å². The molecule has 0 amide bonds. The van der Waals surface area contributed by atoms with E-state index in [0.29, 0.717) is 36.7 Å². The maximum Gasteiger partial charge on any atom is 0.356 e. The molecular formula is C20H36N6O8P+. The summed E-state index contributed by atoms with van der Waals surface area (Å²) in [5.41, 5.74) is 4.66. The molecule has 14 nitrogen and oxygen atoms in total. The fourth-order valence-corrected chi connectivity index (χ4v) is 4.50. The van der Waals surface area contributed by atoms with Crippen molar-refractivity contribution in [1.82, 2.24) is 19.5 Å². The number of hydrogen-bond donors (Lipinski definition) is 6. The van der Waals surface area contributed by atoms with Crippen molar-refractivity contribution in [3.63, 3.8) is 0 Å². The van der Waals surface area contributed by atoms with Crippen LogP contribution in [0.2, 0.25) is 0 Å². The van der Waals surface area contributed by atoms with Crippen LogP contribution in [0.4, 0.5) is 5.82 Å². The van der Waals surface area contributed by atoms with Gasteiger partial charge in [0.15, 0.2) is 29.1 Å². The van der Waals surface area contributed by atoms with Crippen molar-refractivity contribution in [2.45, 2.75) is 69.6 Å². The Kier molecular flexibility index (Phi) is 9.93. The average Bonchev–Trinajstić information content (AvgIpc) is 3.35. The Morgan fingerprint density at radius 1 is 1.23 bits per heavy atom. The number of aliphatic hydroxyl groups excluding tert-OH is 3. The Bertz CT molecular complexity index is 994. The Morgan fingerprint density at radius 3 is 2.69 bits per heavy atom. The van der Waals surface area contributed by atoms with Crippen LogP contribution in [0, 0.1) is 0 Å². The van der Waals surface area contributed by atoms with Crippen molar-refractivity contribution in [3.05, 3.63) is 12.7 Å². The third kappa shape index (κ3) is 6.94. The molecule has 1 fully saturated rings. The predicted molar refractivity (Wildman–Crippen MR) is 124 cm³/mol. The van der Waals surface area contributed by atoms with Crippen LogP contribution in [0.25, 0.3) is 11.2 Å². The Labute approximate surface area is 203 Å². The third-order valence-corrected chi connectivity index (χ3v) is 7.24. The topological polar surface area (TPSA) is 209 Å². The molecule has 198 valence electrons. The number of nitrogens with zero attached hydrogens (tertiary/aromatic N) is 4. The highest BCUT2D eigenvalue weighted by Crippen LogP contribution is 2.48. The van der Waals surface area contributed by atoms with Gasteiger partial charge < -0.3 is 45.3 Å². The van der Waals surface area contributed by atoms with Gasteiger partial charge in [0.2, 0.25) is 0 Å². The van der Waals surface area contributed by atoms with Gasteiger partial charge in [-0.2, -0.15) is 0 Å². The van der Waals surface area contributed by atoms with Gasteiger partial charge in [-0.1, -0.05) is 0 Å². The molecular weight excluding hydrogens is 483 g/mol. The van der Waals surface area contributed by atoms with Crippen molar-refractivity contribution in [1.29, 1.82) is 0 Å². The van der Waals surface area contributed by atoms with E-state index in [0.717, 1.165) is 26.3 Å². The van der Waals surface area contributed by atoms with Gasteiger partial charge in [-0.05, 0) is 20.3 Å². The van der Waals surface area contributed by atoms with Crippen LogP contribution in [0.15, 0.2) is 12.7 Å². The van der Waals surface area contributed by atoms with E-state index in [1.54, 1.807) is 0 Å². The first-order valence-corrected chi connectivity index (χ1v) is 13.3. The molecule has 0 aromatic carbocycles. The number of nitrogens with one attached hydrogen (secondary N) is 1. The second kappa shape index (κ2) is 12.5. The van der Waals surface area contributed by atoms with E-state index in [2.05, 4.69) is 26.0 Å². The molecule has 1 saturated heterocycles. The maximum absolute atomic E-state index is 11.9. The van der Waals surface area contributed by atoms with Crippen LogP contribution in [0.3, 0.4) is 0 Å². The zero-order chi connectivity index (χ0) is 25.6. The Balaban J connectivity index is 1.63. The van der Waals surface area contributed by atoms with Gasteiger partial charge in [0.05, 0.1) is 31.7 Å². The van der Waals surface area contributed by atoms with Crippen LogP contribution in [0.1, 0.15) is 39.3 Å². The summed E-state index contributed by atoms with van der Waals surface area (Å²) in [6, 6.07) is 0. The van der Waals surface area contributed by atoms with E-state index in [1.165, 1.54) is 24.1 Å². The van der Waals surface area contributed by atoms with Crippen molar-refractivity contribution in [2.75, 3.05) is 31.6 Å². The summed E-state index contributed by atoms with van der Waals surface area (Å²) >= 11 is 0. The number of aromatic nitrogens is 4. The largest absolute Gasteiger partial charge is 0.388 e. The van der Waals surface area contributed by atoms with Gasteiger partial charge in [0.25, 0.3) is 0 Å². The van der Waals surface area contributed by atoms with Crippen LogP contribution < -0.4 is 11.1 Å². The van der Waals surface area contributed by atoms with Crippen molar-refractivity contribution >= 4 is 24.6 Å². The number of anilines is 1. The number of quaternary nitrogens is 1. The SMILES string of the molecule is CC(CC1OC(n2cnc3c(NCCCOCCC[NH3+])ncnc32)C(O)C1O)OP(=O)(O)C(C)O. The highest BCUT2D eigenvalue weighted by atomic mass is 31.2. The number of hydrogen-bond acceptors (Lipinski definition) is 11. The Morgan fingerprint density at radius 2 is 1.97 bits per heavy atom. The standard InChI is InChI=1S/C20H35N6O8P/c1-12(34-35(30,31)13(2)27)9-14-16(28)17(29)20(33-14)26-11-25-15-18(23-10-24-19(15)26)22-6-4-8-32-7-3-5-21/h10-14,16-17,20,27-29H,3-9,21H2,1-2H3,(H,30,31)(H,22,23,24)/p+1. The molecule has 0 saturated carbocycles. The highest BCUT2D eigenvalue weighted by molar-refractivity contribution is 7.53. The summed E-state index contributed by atoms with van der Waals surface area (Å²) < 4.78 is 29.9. The lowest BCUT2D eigenvalue weighted by molar-refractivity contribution is -0.369. The van der Waals surface area contributed by atoms with E-state index in [-0.39, 0.29) is 6.42 Å². The van der Waals surface area contributed by atoms with Crippen molar-refractivity contribution in [2.24, 2.45) is 0 Å². The Hall–Kier alpha value is -1.74. The zero-order valence-electron chi connectivity index (χ0n) is 19.9. The van der Waals surface area contributed by atoms with E-state index in [1.807, 2.05) is 0 Å². The minimum Gasteiger partial charge on any atom is -0.388 e. The summed E-state index contributed by atoms with van der Waals surface area (Å²) in [7, 11) is -4.23. The molecule has 0 spiro atoms. The second-order valence-electron chi connectivity index (χ2n) is 8.54. The normalized spacial score (nSPS) is 26.0. The van der Waals surface area contributed by atoms with E-state index in [4.69, 9.17) is 14.0 Å². The first-order chi connectivity index (χ1) is 16.7. The fraction of sp³-hybridized carbons (Fsp3) is 0.750. The summed E-state index contributed by atoms with van der Waals surface area (Å²) in [6.07, 6.45) is -0.759. The first kappa shape index (κ1) is 27.8. The third-order valence-electron chi connectivity index (χ3n) is 5.63. The van der Waals surface area contributed by atoms with Gasteiger partial charge in [0, 0.05) is 26.0 Å². The van der Waals surface area contributed by atoms with E-state index in [9.17, 15) is 24.8 Å². The molecule has 8 N–H and O–H groups in total.